The van der Waals surface area contributed by atoms with Gasteiger partial charge in [0.15, 0.2) is 5.78 Å². The van der Waals surface area contributed by atoms with Gasteiger partial charge < -0.3 is 5.32 Å². The molecule has 1 atom stereocenters. The first-order valence-corrected chi connectivity index (χ1v) is 9.38. The SMILES string of the molecule is CSc1ccc(CN(C)[C@H](C)C(=O)c2ccc(NC(C)=O)cc2)cc1. The van der Waals surface area contributed by atoms with Crippen molar-refractivity contribution < 1.29 is 9.59 Å². The molecular weight excluding hydrogens is 332 g/mol. The molecule has 132 valence electrons. The third-order valence-electron chi connectivity index (χ3n) is 4.12. The van der Waals surface area contributed by atoms with E-state index < -0.39 is 0 Å². The summed E-state index contributed by atoms with van der Waals surface area (Å²) in [5.74, 6) is -0.0581. The molecule has 0 aromatic heterocycles. The second-order valence-corrected chi connectivity index (χ2v) is 6.94. The molecule has 2 aromatic carbocycles. The Morgan fingerprint density at radius 3 is 2.20 bits per heavy atom. The lowest BCUT2D eigenvalue weighted by atomic mass is 10.0. The standard InChI is InChI=1S/C20H24N2O2S/c1-14(22(3)13-16-5-11-19(25-4)12-6-16)20(24)17-7-9-18(10-8-17)21-15(2)23/h5-12,14H,13H2,1-4H3,(H,21,23)/t14-/m1/s1. The van der Waals surface area contributed by atoms with Crippen LogP contribution in [0.1, 0.15) is 29.8 Å². The van der Waals surface area contributed by atoms with Gasteiger partial charge in [-0.25, -0.2) is 0 Å². The quantitative estimate of drug-likeness (QED) is 0.600. The molecule has 25 heavy (non-hydrogen) atoms. The van der Waals surface area contributed by atoms with Gasteiger partial charge >= 0.3 is 0 Å². The first-order valence-electron chi connectivity index (χ1n) is 8.15. The zero-order valence-electron chi connectivity index (χ0n) is 15.1. The molecule has 0 radical (unpaired) electrons. The van der Waals surface area contributed by atoms with Crippen molar-refractivity contribution in [2.75, 3.05) is 18.6 Å². The van der Waals surface area contributed by atoms with E-state index in [2.05, 4.69) is 35.8 Å². The number of nitrogens with zero attached hydrogens (tertiary/aromatic N) is 1. The third kappa shape index (κ3) is 5.44. The third-order valence-corrected chi connectivity index (χ3v) is 4.86. The van der Waals surface area contributed by atoms with Crippen molar-refractivity contribution in [3.63, 3.8) is 0 Å². The summed E-state index contributed by atoms with van der Waals surface area (Å²) in [6.07, 6.45) is 2.05. The van der Waals surface area contributed by atoms with Crippen molar-refractivity contribution in [2.45, 2.75) is 31.3 Å². The molecule has 0 heterocycles. The van der Waals surface area contributed by atoms with Crippen LogP contribution < -0.4 is 5.32 Å². The normalized spacial score (nSPS) is 12.0. The summed E-state index contributed by atoms with van der Waals surface area (Å²) in [4.78, 5) is 27.0. The van der Waals surface area contributed by atoms with Crippen molar-refractivity contribution in [1.82, 2.24) is 4.90 Å². The summed E-state index contributed by atoms with van der Waals surface area (Å²) in [5, 5.41) is 2.70. The average Bonchev–Trinajstić information content (AvgIpc) is 2.61. The van der Waals surface area contributed by atoms with Gasteiger partial charge in [0.2, 0.25) is 5.91 Å². The first kappa shape index (κ1) is 19.2. The Kier molecular flexibility index (Phi) is 6.79. The number of thioether (sulfide) groups is 1. The highest BCUT2D eigenvalue weighted by atomic mass is 32.2. The van der Waals surface area contributed by atoms with Crippen LogP contribution in [0.2, 0.25) is 0 Å². The van der Waals surface area contributed by atoms with Gasteiger partial charge in [-0.15, -0.1) is 11.8 Å². The molecule has 0 aliphatic heterocycles. The molecule has 0 saturated carbocycles. The van der Waals surface area contributed by atoms with Crippen molar-refractivity contribution in [2.24, 2.45) is 0 Å². The fourth-order valence-electron chi connectivity index (χ4n) is 2.52. The average molecular weight is 356 g/mol. The van der Waals surface area contributed by atoms with E-state index in [0.29, 0.717) is 17.8 Å². The highest BCUT2D eigenvalue weighted by Gasteiger charge is 2.19. The number of ketones is 1. The Hall–Kier alpha value is -2.11. The number of rotatable bonds is 7. The fraction of sp³-hybridized carbons (Fsp3) is 0.300. The molecule has 0 aliphatic rings. The fourth-order valence-corrected chi connectivity index (χ4v) is 2.93. The minimum atomic E-state index is -0.230. The smallest absolute Gasteiger partial charge is 0.221 e. The zero-order valence-corrected chi connectivity index (χ0v) is 15.9. The minimum absolute atomic E-state index is 0.0672. The number of benzene rings is 2. The lowest BCUT2D eigenvalue weighted by molar-refractivity contribution is -0.114. The van der Waals surface area contributed by atoms with Crippen molar-refractivity contribution in [3.8, 4) is 0 Å². The summed E-state index contributed by atoms with van der Waals surface area (Å²) in [5.41, 5.74) is 2.52. The Labute approximate surface area is 153 Å². The van der Waals surface area contributed by atoms with Crippen LogP contribution in [0, 0.1) is 0 Å². The molecule has 0 bridgehead atoms. The van der Waals surface area contributed by atoms with Gasteiger partial charge in [0, 0.05) is 29.6 Å². The van der Waals surface area contributed by atoms with Gasteiger partial charge in [-0.3, -0.25) is 14.5 Å². The molecule has 0 fully saturated rings. The number of anilines is 1. The molecule has 0 unspecified atom stereocenters. The summed E-state index contributed by atoms with van der Waals surface area (Å²) < 4.78 is 0. The van der Waals surface area contributed by atoms with Crippen LogP contribution in [-0.4, -0.2) is 35.9 Å². The molecule has 5 heteroatoms. The summed E-state index contributed by atoms with van der Waals surface area (Å²) >= 11 is 1.72. The second-order valence-electron chi connectivity index (χ2n) is 6.06. The van der Waals surface area contributed by atoms with Gasteiger partial charge in [-0.2, -0.15) is 0 Å². The zero-order chi connectivity index (χ0) is 18.4. The van der Waals surface area contributed by atoms with Crippen LogP contribution in [-0.2, 0) is 11.3 Å². The number of carbonyl (C=O) groups is 2. The predicted octanol–water partition coefficient (Wildman–Crippen LogP) is 4.07. The monoisotopic (exact) mass is 356 g/mol. The lowest BCUT2D eigenvalue weighted by Crippen LogP contribution is -2.35. The molecule has 0 saturated heterocycles. The molecule has 2 aromatic rings. The van der Waals surface area contributed by atoms with E-state index in [1.165, 1.54) is 17.4 Å². The number of hydrogen-bond acceptors (Lipinski definition) is 4. The molecule has 4 nitrogen and oxygen atoms in total. The number of Topliss-reactive ketones (excluding diaryl/α,β-unsaturated/α-hetero) is 1. The van der Waals surface area contributed by atoms with Crippen molar-refractivity contribution in [1.29, 1.82) is 0 Å². The molecule has 1 amide bonds. The van der Waals surface area contributed by atoms with Gasteiger partial charge in [-0.1, -0.05) is 12.1 Å². The van der Waals surface area contributed by atoms with Crippen LogP contribution in [0.25, 0.3) is 0 Å². The lowest BCUT2D eigenvalue weighted by Gasteiger charge is -2.24. The van der Waals surface area contributed by atoms with Gasteiger partial charge in [0.1, 0.15) is 0 Å². The van der Waals surface area contributed by atoms with Gasteiger partial charge in [-0.05, 0) is 62.2 Å². The number of nitrogens with one attached hydrogen (secondary N) is 1. The topological polar surface area (TPSA) is 49.4 Å². The minimum Gasteiger partial charge on any atom is -0.326 e. The number of hydrogen-bond donors (Lipinski definition) is 1. The Bertz CT molecular complexity index is 726. The van der Waals surface area contributed by atoms with Gasteiger partial charge in [0.05, 0.1) is 6.04 Å². The van der Waals surface area contributed by atoms with Gasteiger partial charge in [0.25, 0.3) is 0 Å². The van der Waals surface area contributed by atoms with E-state index in [4.69, 9.17) is 0 Å². The molecule has 1 N–H and O–H groups in total. The van der Waals surface area contributed by atoms with E-state index in [0.717, 1.165) is 0 Å². The summed E-state index contributed by atoms with van der Waals surface area (Å²) in [7, 11) is 1.96. The molecule has 0 aliphatic carbocycles. The molecule has 2 rings (SSSR count). The number of likely N-dealkylation sites (N-methyl/N-ethyl adjacent to an activating group) is 1. The van der Waals surface area contributed by atoms with E-state index in [9.17, 15) is 9.59 Å². The Morgan fingerprint density at radius 2 is 1.68 bits per heavy atom. The second kappa shape index (κ2) is 8.83. The largest absolute Gasteiger partial charge is 0.326 e. The maximum atomic E-state index is 12.7. The van der Waals surface area contributed by atoms with Crippen molar-refractivity contribution >= 4 is 29.1 Å². The van der Waals surface area contributed by atoms with Crippen LogP contribution >= 0.6 is 11.8 Å². The van der Waals surface area contributed by atoms with Crippen LogP contribution in [0.15, 0.2) is 53.4 Å². The van der Waals surface area contributed by atoms with E-state index in [1.54, 1.807) is 36.0 Å². The summed E-state index contributed by atoms with van der Waals surface area (Å²) in [6, 6.07) is 15.2. The van der Waals surface area contributed by atoms with E-state index in [-0.39, 0.29) is 17.7 Å². The Morgan fingerprint density at radius 1 is 1.08 bits per heavy atom. The van der Waals surface area contributed by atoms with E-state index in [1.807, 2.05) is 18.9 Å². The van der Waals surface area contributed by atoms with Crippen LogP contribution in [0.5, 0.6) is 0 Å². The predicted molar refractivity (Wildman–Crippen MR) is 104 cm³/mol. The highest BCUT2D eigenvalue weighted by molar-refractivity contribution is 7.98. The number of carbonyl (C=O) groups excluding carboxylic acids is 2. The molecule has 0 spiro atoms. The van der Waals surface area contributed by atoms with Crippen LogP contribution in [0.4, 0.5) is 5.69 Å². The number of amides is 1. The Balaban J connectivity index is 2.01. The maximum absolute atomic E-state index is 12.7. The summed E-state index contributed by atoms with van der Waals surface area (Å²) in [6.45, 7) is 4.09. The van der Waals surface area contributed by atoms with Crippen LogP contribution in [0.3, 0.4) is 0 Å². The highest BCUT2D eigenvalue weighted by Crippen LogP contribution is 2.17. The maximum Gasteiger partial charge on any atom is 0.221 e. The van der Waals surface area contributed by atoms with E-state index >= 15 is 0 Å². The first-order chi connectivity index (χ1) is 11.9. The van der Waals surface area contributed by atoms with Crippen molar-refractivity contribution in [3.05, 3.63) is 59.7 Å². The molecular formula is C20H24N2O2S.